The van der Waals surface area contributed by atoms with Crippen LogP contribution in [0, 0.1) is 0 Å². The fourth-order valence-corrected chi connectivity index (χ4v) is 2.28. The number of carbonyl (C=O) groups is 1. The van der Waals surface area contributed by atoms with Crippen molar-refractivity contribution in [3.63, 3.8) is 0 Å². The summed E-state index contributed by atoms with van der Waals surface area (Å²) < 4.78 is 35.9. The van der Waals surface area contributed by atoms with Crippen LogP contribution < -0.4 is 4.74 Å². The number of para-hydroxylation sites is 1. The van der Waals surface area contributed by atoms with E-state index in [-0.39, 0.29) is 0 Å². The molecule has 0 bridgehead atoms. The summed E-state index contributed by atoms with van der Waals surface area (Å²) in [5.41, 5.74) is 2.04. The zero-order valence-electron chi connectivity index (χ0n) is 14.0. The van der Waals surface area contributed by atoms with E-state index >= 15 is 0 Å². The zero-order valence-corrected chi connectivity index (χ0v) is 14.0. The second kappa shape index (κ2) is 8.97. The number of carbonyl (C=O) groups excluding carboxylic acids is 1. The molecule has 0 N–H and O–H groups in total. The van der Waals surface area contributed by atoms with E-state index in [0.29, 0.717) is 25.5 Å². The lowest BCUT2D eigenvalue weighted by Gasteiger charge is -2.12. The monoisotopic (exact) mass is 346 g/mol. The number of hydrogen-bond donors (Lipinski definition) is 0. The summed E-state index contributed by atoms with van der Waals surface area (Å²) in [6.45, 7) is 1.34. The minimum absolute atomic E-state index is 0.393. The molecule has 0 heterocycles. The lowest BCUT2D eigenvalue weighted by molar-refractivity contribution is -0.205. The third-order valence-electron chi connectivity index (χ3n) is 3.34. The first-order chi connectivity index (χ1) is 12.0. The fourth-order valence-electron chi connectivity index (χ4n) is 2.28. The van der Waals surface area contributed by atoms with E-state index < -0.39 is 12.1 Å². The van der Waals surface area contributed by atoms with E-state index in [1.165, 1.54) is 6.08 Å². The van der Waals surface area contributed by atoms with Gasteiger partial charge in [-0.25, -0.2) is 0 Å². The van der Waals surface area contributed by atoms with Gasteiger partial charge in [0.2, 0.25) is 0 Å². The van der Waals surface area contributed by atoms with E-state index in [4.69, 9.17) is 4.74 Å². The normalized spacial score (nSPS) is 11.5. The highest BCUT2D eigenvalue weighted by Crippen LogP contribution is 2.29. The molecule has 0 saturated heterocycles. The number of rotatable bonds is 8. The smallest absolute Gasteiger partial charge is 0.421 e. The van der Waals surface area contributed by atoms with Gasteiger partial charge in [0, 0.05) is 18.6 Å². The van der Waals surface area contributed by atoms with Crippen molar-refractivity contribution in [1.29, 1.82) is 0 Å². The van der Waals surface area contributed by atoms with Crippen molar-refractivity contribution in [1.82, 2.24) is 0 Å². The molecule has 3 nitrogen and oxygen atoms in total. The first kappa shape index (κ1) is 18.6. The van der Waals surface area contributed by atoms with Gasteiger partial charge in [0.15, 0.2) is 0 Å². The summed E-state index contributed by atoms with van der Waals surface area (Å²) in [6, 6.07) is 17.6. The Kier molecular flexibility index (Phi) is 6.69. The Balaban J connectivity index is 1.84. The molecule has 0 amide bonds. The van der Waals surface area contributed by atoms with Crippen LogP contribution in [0.2, 0.25) is 0 Å². The van der Waals surface area contributed by atoms with Crippen molar-refractivity contribution in [3.05, 3.63) is 66.7 Å². The molecule has 25 heavy (non-hydrogen) atoms. The van der Waals surface area contributed by atoms with Gasteiger partial charge in [-0.05, 0) is 24.5 Å². The van der Waals surface area contributed by atoms with E-state index in [0.717, 1.165) is 23.8 Å². The number of benzene rings is 2. The number of alkyl halides is 2. The Bertz CT molecular complexity index is 712. The summed E-state index contributed by atoms with van der Waals surface area (Å²) in [5, 5.41) is 0. The van der Waals surface area contributed by atoms with Gasteiger partial charge in [0.05, 0.1) is 6.61 Å². The van der Waals surface area contributed by atoms with Crippen LogP contribution in [0.25, 0.3) is 11.1 Å². The molecule has 0 aliphatic carbocycles. The van der Waals surface area contributed by atoms with Crippen LogP contribution in [0.1, 0.15) is 19.8 Å². The third-order valence-corrected chi connectivity index (χ3v) is 3.34. The predicted octanol–water partition coefficient (Wildman–Crippen LogP) is 5.22. The number of hydrogen-bond acceptors (Lipinski definition) is 3. The molecule has 0 unspecified atom stereocenters. The van der Waals surface area contributed by atoms with Crippen molar-refractivity contribution in [2.45, 2.75) is 25.9 Å². The molecule has 5 heteroatoms. The molecule has 2 aromatic rings. The lowest BCUT2D eigenvalue weighted by Crippen LogP contribution is -2.20. The van der Waals surface area contributed by atoms with Crippen LogP contribution >= 0.6 is 0 Å². The fraction of sp³-hybridized carbons (Fsp3) is 0.250. The van der Waals surface area contributed by atoms with Gasteiger partial charge in [0.25, 0.3) is 0 Å². The van der Waals surface area contributed by atoms with Crippen LogP contribution in [-0.4, -0.2) is 18.7 Å². The maximum atomic E-state index is 13.1. The number of ether oxygens (including phenoxy) is 2. The van der Waals surface area contributed by atoms with Crippen molar-refractivity contribution in [3.8, 4) is 16.9 Å². The highest BCUT2D eigenvalue weighted by molar-refractivity contribution is 5.70. The average molecular weight is 346 g/mol. The Morgan fingerprint density at radius 3 is 2.48 bits per heavy atom. The predicted molar refractivity (Wildman–Crippen MR) is 92.5 cm³/mol. The van der Waals surface area contributed by atoms with E-state index in [2.05, 4.69) is 4.74 Å². The minimum atomic E-state index is -3.56. The van der Waals surface area contributed by atoms with Crippen molar-refractivity contribution in [2.75, 3.05) is 6.61 Å². The molecule has 2 aromatic carbocycles. The van der Waals surface area contributed by atoms with Crippen LogP contribution in [0.5, 0.6) is 5.75 Å². The number of halogens is 2. The van der Waals surface area contributed by atoms with Gasteiger partial charge in [0.1, 0.15) is 5.75 Å². The van der Waals surface area contributed by atoms with Crippen LogP contribution in [0.15, 0.2) is 66.7 Å². The standard InChI is InChI=1S/C20H20F2O3/c1-16(23)25-20(21,22)14-8-3-9-15-24-19-13-7-6-12-18(19)17-10-4-2-5-11-17/h2,4-8,10-14H,3,9,15H2,1H3/b14-8+. The molecule has 0 fully saturated rings. The second-order valence-corrected chi connectivity index (χ2v) is 5.41. The third kappa shape index (κ3) is 6.37. The largest absolute Gasteiger partial charge is 0.493 e. The Morgan fingerprint density at radius 1 is 1.08 bits per heavy atom. The highest BCUT2D eigenvalue weighted by atomic mass is 19.3. The quantitative estimate of drug-likeness (QED) is 0.373. The first-order valence-electron chi connectivity index (χ1n) is 8.00. The number of unbranched alkanes of at least 4 members (excludes halogenated alkanes) is 1. The molecule has 0 spiro atoms. The molecule has 0 aliphatic heterocycles. The Morgan fingerprint density at radius 2 is 1.76 bits per heavy atom. The van der Waals surface area contributed by atoms with Gasteiger partial charge < -0.3 is 9.47 Å². The maximum absolute atomic E-state index is 13.1. The summed E-state index contributed by atoms with van der Waals surface area (Å²) in [4.78, 5) is 10.5. The average Bonchev–Trinajstić information content (AvgIpc) is 2.58. The van der Waals surface area contributed by atoms with E-state index in [1.54, 1.807) is 0 Å². The molecule has 0 saturated carbocycles. The summed E-state index contributed by atoms with van der Waals surface area (Å²) in [7, 11) is 0. The molecular weight excluding hydrogens is 326 g/mol. The second-order valence-electron chi connectivity index (χ2n) is 5.41. The molecule has 0 radical (unpaired) electrons. The summed E-state index contributed by atoms with van der Waals surface area (Å²) in [6.07, 6.45) is -0.728. The molecular formula is C20H20F2O3. The molecule has 0 aromatic heterocycles. The van der Waals surface area contributed by atoms with Crippen LogP contribution in [-0.2, 0) is 9.53 Å². The first-order valence-corrected chi connectivity index (χ1v) is 8.00. The Hall–Kier alpha value is -2.69. The van der Waals surface area contributed by atoms with Crippen LogP contribution in [0.3, 0.4) is 0 Å². The molecule has 132 valence electrons. The molecule has 0 atom stereocenters. The summed E-state index contributed by atoms with van der Waals surface area (Å²) in [5.74, 6) is -0.265. The van der Waals surface area contributed by atoms with Crippen LogP contribution in [0.4, 0.5) is 8.78 Å². The van der Waals surface area contributed by atoms with Gasteiger partial charge in [-0.1, -0.05) is 54.6 Å². The molecule has 2 rings (SSSR count). The van der Waals surface area contributed by atoms with Crippen molar-refractivity contribution < 1.29 is 23.0 Å². The molecule has 0 aliphatic rings. The van der Waals surface area contributed by atoms with Gasteiger partial charge in [-0.15, -0.1) is 0 Å². The SMILES string of the molecule is CC(=O)OC(F)(F)/C=C/CCCOc1ccccc1-c1ccccc1. The minimum Gasteiger partial charge on any atom is -0.493 e. The Labute approximate surface area is 145 Å². The lowest BCUT2D eigenvalue weighted by atomic mass is 10.1. The maximum Gasteiger partial charge on any atom is 0.421 e. The number of allylic oxidation sites excluding steroid dienone is 1. The van der Waals surface area contributed by atoms with E-state index in [9.17, 15) is 13.6 Å². The number of esters is 1. The van der Waals surface area contributed by atoms with E-state index in [1.807, 2.05) is 54.6 Å². The zero-order chi connectivity index (χ0) is 18.1. The van der Waals surface area contributed by atoms with Crippen molar-refractivity contribution in [2.24, 2.45) is 0 Å². The van der Waals surface area contributed by atoms with Gasteiger partial charge in [-0.3, -0.25) is 4.79 Å². The van der Waals surface area contributed by atoms with Crippen molar-refractivity contribution >= 4 is 5.97 Å². The van der Waals surface area contributed by atoms with Gasteiger partial charge >= 0.3 is 12.1 Å². The topological polar surface area (TPSA) is 35.5 Å². The van der Waals surface area contributed by atoms with Gasteiger partial charge in [-0.2, -0.15) is 8.78 Å². The summed E-state index contributed by atoms with van der Waals surface area (Å²) >= 11 is 0. The highest BCUT2D eigenvalue weighted by Gasteiger charge is 2.28.